The highest BCUT2D eigenvalue weighted by Crippen LogP contribution is 2.34. The molecule has 1 aromatic heterocycles. The SMILES string of the molecule is O=C(O)[C@@H]1CCCC[C@H]1C(=O)Nc1ccc2nc(SCc3ccccc3)sc2c1. The van der Waals surface area contributed by atoms with Crippen molar-refractivity contribution in [3.05, 3.63) is 54.1 Å². The lowest BCUT2D eigenvalue weighted by Gasteiger charge is -2.27. The van der Waals surface area contributed by atoms with Crippen molar-refractivity contribution in [3.8, 4) is 0 Å². The van der Waals surface area contributed by atoms with Gasteiger partial charge in [0, 0.05) is 11.4 Å². The van der Waals surface area contributed by atoms with Crippen molar-refractivity contribution in [1.82, 2.24) is 4.98 Å². The molecule has 7 heteroatoms. The fourth-order valence-corrected chi connectivity index (χ4v) is 5.80. The maximum Gasteiger partial charge on any atom is 0.307 e. The first-order chi connectivity index (χ1) is 14.1. The van der Waals surface area contributed by atoms with Crippen LogP contribution in [0.2, 0.25) is 0 Å². The van der Waals surface area contributed by atoms with Crippen LogP contribution in [-0.4, -0.2) is 22.0 Å². The number of nitrogens with one attached hydrogen (secondary N) is 1. The molecule has 150 valence electrons. The standard InChI is InChI=1S/C22H22N2O3S2/c25-20(16-8-4-5-9-17(16)21(26)27)23-15-10-11-18-19(12-15)29-22(24-18)28-13-14-6-2-1-3-7-14/h1-3,6-7,10-12,16-17H,4-5,8-9,13H2,(H,23,25)(H,26,27)/t16-,17-/m1/s1. The molecule has 1 fully saturated rings. The zero-order valence-electron chi connectivity index (χ0n) is 15.8. The number of fused-ring (bicyclic) bond motifs is 1. The number of carboxylic acids is 1. The van der Waals surface area contributed by atoms with Gasteiger partial charge in [-0.25, -0.2) is 4.98 Å². The van der Waals surface area contributed by atoms with E-state index in [2.05, 4.69) is 22.4 Å². The highest BCUT2D eigenvalue weighted by atomic mass is 32.2. The summed E-state index contributed by atoms with van der Waals surface area (Å²) >= 11 is 3.31. The maximum absolute atomic E-state index is 12.7. The van der Waals surface area contributed by atoms with Crippen molar-refractivity contribution in [2.75, 3.05) is 5.32 Å². The van der Waals surface area contributed by atoms with Gasteiger partial charge < -0.3 is 10.4 Å². The van der Waals surface area contributed by atoms with Gasteiger partial charge in [0.2, 0.25) is 5.91 Å². The molecule has 1 aliphatic rings. The van der Waals surface area contributed by atoms with E-state index in [4.69, 9.17) is 0 Å². The van der Waals surface area contributed by atoms with Crippen LogP contribution in [0.3, 0.4) is 0 Å². The Morgan fingerprint density at radius 2 is 1.86 bits per heavy atom. The highest BCUT2D eigenvalue weighted by molar-refractivity contribution is 8.00. The molecule has 1 aliphatic carbocycles. The van der Waals surface area contributed by atoms with E-state index in [1.165, 1.54) is 5.56 Å². The van der Waals surface area contributed by atoms with Crippen molar-refractivity contribution in [3.63, 3.8) is 0 Å². The molecule has 3 aromatic rings. The summed E-state index contributed by atoms with van der Waals surface area (Å²) in [6.45, 7) is 0. The third-order valence-corrected chi connectivity index (χ3v) is 7.49. The second-order valence-electron chi connectivity index (χ2n) is 7.26. The van der Waals surface area contributed by atoms with Crippen LogP contribution in [0.5, 0.6) is 0 Å². The molecule has 0 bridgehead atoms. The minimum atomic E-state index is -0.872. The van der Waals surface area contributed by atoms with E-state index in [1.54, 1.807) is 23.1 Å². The van der Waals surface area contributed by atoms with E-state index < -0.39 is 17.8 Å². The normalized spacial score (nSPS) is 19.2. The highest BCUT2D eigenvalue weighted by Gasteiger charge is 2.35. The van der Waals surface area contributed by atoms with Gasteiger partial charge in [0.15, 0.2) is 4.34 Å². The summed E-state index contributed by atoms with van der Waals surface area (Å²) in [5, 5.41) is 12.3. The number of anilines is 1. The number of aromatic nitrogens is 1. The van der Waals surface area contributed by atoms with E-state index in [9.17, 15) is 14.7 Å². The predicted octanol–water partition coefficient (Wildman–Crippen LogP) is 5.42. The number of benzene rings is 2. The van der Waals surface area contributed by atoms with Crippen LogP contribution >= 0.6 is 23.1 Å². The van der Waals surface area contributed by atoms with Gasteiger partial charge in [0.05, 0.1) is 22.1 Å². The van der Waals surface area contributed by atoms with Crippen molar-refractivity contribution in [2.45, 2.75) is 35.8 Å². The van der Waals surface area contributed by atoms with Gasteiger partial charge in [0.25, 0.3) is 0 Å². The number of hydrogen-bond donors (Lipinski definition) is 2. The lowest BCUT2D eigenvalue weighted by molar-refractivity contribution is -0.147. The number of amides is 1. The first-order valence-electron chi connectivity index (χ1n) is 9.71. The molecule has 0 unspecified atom stereocenters. The fraction of sp³-hybridized carbons (Fsp3) is 0.318. The molecule has 1 amide bonds. The van der Waals surface area contributed by atoms with Gasteiger partial charge in [-0.3, -0.25) is 9.59 Å². The summed E-state index contributed by atoms with van der Waals surface area (Å²) in [5.74, 6) is -1.25. The number of thioether (sulfide) groups is 1. The Morgan fingerprint density at radius 1 is 1.10 bits per heavy atom. The molecule has 29 heavy (non-hydrogen) atoms. The van der Waals surface area contributed by atoms with Crippen LogP contribution in [0.4, 0.5) is 5.69 Å². The van der Waals surface area contributed by atoms with Crippen molar-refractivity contribution in [1.29, 1.82) is 0 Å². The number of rotatable bonds is 6. The monoisotopic (exact) mass is 426 g/mol. The number of carbonyl (C=O) groups is 2. The predicted molar refractivity (Wildman–Crippen MR) is 117 cm³/mol. The first kappa shape index (κ1) is 19.9. The average Bonchev–Trinajstić information content (AvgIpc) is 3.15. The second kappa shape index (κ2) is 8.97. The summed E-state index contributed by atoms with van der Waals surface area (Å²) in [4.78, 5) is 28.8. The van der Waals surface area contributed by atoms with Gasteiger partial charge in [-0.2, -0.15) is 0 Å². The molecule has 5 nitrogen and oxygen atoms in total. The van der Waals surface area contributed by atoms with E-state index in [-0.39, 0.29) is 5.91 Å². The topological polar surface area (TPSA) is 79.3 Å². The number of thiazole rings is 1. The summed E-state index contributed by atoms with van der Waals surface area (Å²) in [6, 6.07) is 15.9. The second-order valence-corrected chi connectivity index (χ2v) is 9.51. The van der Waals surface area contributed by atoms with Gasteiger partial charge >= 0.3 is 5.97 Å². The number of carbonyl (C=O) groups excluding carboxylic acids is 1. The van der Waals surface area contributed by atoms with Crippen LogP contribution < -0.4 is 5.32 Å². The summed E-state index contributed by atoms with van der Waals surface area (Å²) < 4.78 is 2.00. The number of carboxylic acid groups (broad SMARTS) is 1. The first-order valence-corrected chi connectivity index (χ1v) is 11.5. The summed E-state index contributed by atoms with van der Waals surface area (Å²) in [5.41, 5.74) is 2.86. The van der Waals surface area contributed by atoms with Crippen molar-refractivity contribution >= 4 is 50.9 Å². The molecule has 2 aromatic carbocycles. The Morgan fingerprint density at radius 3 is 2.62 bits per heavy atom. The largest absolute Gasteiger partial charge is 0.481 e. The Hall–Kier alpha value is -2.38. The molecule has 4 rings (SSSR count). The molecule has 0 saturated heterocycles. The average molecular weight is 427 g/mol. The Balaban J connectivity index is 1.44. The van der Waals surface area contributed by atoms with E-state index >= 15 is 0 Å². The Labute approximate surface area is 177 Å². The number of nitrogens with zero attached hydrogens (tertiary/aromatic N) is 1. The molecule has 2 N–H and O–H groups in total. The molecular formula is C22H22N2O3S2. The lowest BCUT2D eigenvalue weighted by atomic mass is 9.78. The summed E-state index contributed by atoms with van der Waals surface area (Å²) in [6.07, 6.45) is 2.98. The van der Waals surface area contributed by atoms with E-state index in [0.717, 1.165) is 33.2 Å². The Kier molecular flexibility index (Phi) is 6.16. The van der Waals surface area contributed by atoms with Crippen LogP contribution in [0.25, 0.3) is 10.2 Å². The van der Waals surface area contributed by atoms with Gasteiger partial charge in [-0.1, -0.05) is 54.9 Å². The van der Waals surface area contributed by atoms with Crippen LogP contribution in [0, 0.1) is 11.8 Å². The minimum Gasteiger partial charge on any atom is -0.481 e. The molecule has 0 radical (unpaired) electrons. The molecular weight excluding hydrogens is 404 g/mol. The molecule has 1 saturated carbocycles. The lowest BCUT2D eigenvalue weighted by Crippen LogP contribution is -2.36. The van der Waals surface area contributed by atoms with E-state index in [1.807, 2.05) is 36.4 Å². The molecule has 0 aliphatic heterocycles. The fourth-order valence-electron chi connectivity index (χ4n) is 3.74. The minimum absolute atomic E-state index is 0.195. The Bertz CT molecular complexity index is 1020. The zero-order chi connectivity index (χ0) is 20.2. The third kappa shape index (κ3) is 4.79. The van der Waals surface area contributed by atoms with Gasteiger partial charge in [0.1, 0.15) is 0 Å². The zero-order valence-corrected chi connectivity index (χ0v) is 17.5. The van der Waals surface area contributed by atoms with Gasteiger partial charge in [-0.05, 0) is 36.6 Å². The van der Waals surface area contributed by atoms with Crippen LogP contribution in [0.15, 0.2) is 52.9 Å². The van der Waals surface area contributed by atoms with Crippen LogP contribution in [0.1, 0.15) is 31.2 Å². The van der Waals surface area contributed by atoms with Crippen molar-refractivity contribution in [2.24, 2.45) is 11.8 Å². The smallest absolute Gasteiger partial charge is 0.307 e. The van der Waals surface area contributed by atoms with Crippen LogP contribution in [-0.2, 0) is 15.3 Å². The summed E-state index contributed by atoms with van der Waals surface area (Å²) in [7, 11) is 0. The number of hydrogen-bond acceptors (Lipinski definition) is 5. The van der Waals surface area contributed by atoms with Crippen molar-refractivity contribution < 1.29 is 14.7 Å². The molecule has 2 atom stereocenters. The maximum atomic E-state index is 12.7. The number of aliphatic carboxylic acids is 1. The molecule has 0 spiro atoms. The quantitative estimate of drug-likeness (QED) is 0.515. The van der Waals surface area contributed by atoms with Gasteiger partial charge in [-0.15, -0.1) is 11.3 Å². The third-order valence-electron chi connectivity index (χ3n) is 5.26. The van der Waals surface area contributed by atoms with E-state index in [0.29, 0.717) is 18.5 Å². The molecule has 1 heterocycles.